The van der Waals surface area contributed by atoms with Crippen molar-refractivity contribution in [2.24, 2.45) is 5.41 Å². The van der Waals surface area contributed by atoms with Gasteiger partial charge in [0.2, 0.25) is 5.91 Å². The molecule has 2 aliphatic rings. The highest BCUT2D eigenvalue weighted by atomic mass is 35.5. The van der Waals surface area contributed by atoms with E-state index in [1.807, 2.05) is 44.2 Å². The minimum absolute atomic E-state index is 0.00998. The van der Waals surface area contributed by atoms with Crippen LogP contribution in [-0.4, -0.2) is 16.6 Å². The molecule has 2 aromatic rings. The Morgan fingerprint density at radius 2 is 1.80 bits per heavy atom. The van der Waals surface area contributed by atoms with E-state index in [4.69, 9.17) is 11.6 Å². The fourth-order valence-electron chi connectivity index (χ4n) is 4.50. The maximum absolute atomic E-state index is 13.3. The van der Waals surface area contributed by atoms with Crippen LogP contribution >= 0.6 is 11.6 Å². The number of allylic oxidation sites excluding steroid dienone is 2. The zero-order chi connectivity index (χ0) is 21.6. The molecular weight excluding hydrogens is 404 g/mol. The number of ketones is 1. The average Bonchev–Trinajstić information content (AvgIpc) is 2.67. The Morgan fingerprint density at radius 1 is 1.10 bits per heavy atom. The van der Waals surface area contributed by atoms with E-state index in [0.29, 0.717) is 24.1 Å². The molecule has 0 aromatic heterocycles. The summed E-state index contributed by atoms with van der Waals surface area (Å²) < 4.78 is 0. The fourth-order valence-corrected chi connectivity index (χ4v) is 4.66. The first-order valence-electron chi connectivity index (χ1n) is 9.76. The van der Waals surface area contributed by atoms with E-state index in [0.717, 1.165) is 5.56 Å². The Bertz CT molecular complexity index is 1090. The van der Waals surface area contributed by atoms with Crippen molar-refractivity contribution in [3.63, 3.8) is 0 Å². The first-order valence-corrected chi connectivity index (χ1v) is 10.1. The number of hydrogen-bond donors (Lipinski definition) is 0. The number of hydrogen-bond acceptors (Lipinski definition) is 4. The van der Waals surface area contributed by atoms with E-state index in [1.54, 1.807) is 0 Å². The molecule has 1 atom stereocenters. The highest BCUT2D eigenvalue weighted by Gasteiger charge is 2.45. The van der Waals surface area contributed by atoms with Crippen LogP contribution in [0, 0.1) is 15.5 Å². The van der Waals surface area contributed by atoms with Gasteiger partial charge in [-0.3, -0.25) is 24.6 Å². The lowest BCUT2D eigenvalue weighted by atomic mass is 9.69. The van der Waals surface area contributed by atoms with Gasteiger partial charge in [0, 0.05) is 41.1 Å². The third kappa shape index (κ3) is 3.52. The molecule has 1 amide bonds. The number of halogens is 1. The molecule has 1 unspecified atom stereocenters. The molecular formula is C23H21ClN2O4. The molecule has 0 N–H and O–H groups in total. The monoisotopic (exact) mass is 424 g/mol. The summed E-state index contributed by atoms with van der Waals surface area (Å²) >= 11 is 5.97. The third-order valence-electron chi connectivity index (χ3n) is 5.72. The second-order valence-electron chi connectivity index (χ2n) is 8.59. The largest absolute Gasteiger partial charge is 0.294 e. The predicted molar refractivity (Wildman–Crippen MR) is 114 cm³/mol. The SMILES string of the molecule is CC1(C)CC(=O)C2=C(C1)N(c1ccc(Cl)cc1[N+](=O)[O-])C(=O)CC2c1ccccc1. The second kappa shape index (κ2) is 7.36. The van der Waals surface area contributed by atoms with Gasteiger partial charge in [-0.1, -0.05) is 55.8 Å². The van der Waals surface area contributed by atoms with Crippen molar-refractivity contribution in [3.05, 3.63) is 80.5 Å². The molecule has 1 aliphatic heterocycles. The number of carbonyl (C=O) groups is 2. The van der Waals surface area contributed by atoms with E-state index in [2.05, 4.69) is 0 Å². The van der Waals surface area contributed by atoms with Gasteiger partial charge < -0.3 is 0 Å². The number of rotatable bonds is 3. The molecule has 4 rings (SSSR count). The fraction of sp³-hybridized carbons (Fsp3) is 0.304. The van der Waals surface area contributed by atoms with Gasteiger partial charge in [-0.05, 0) is 29.5 Å². The molecule has 0 bridgehead atoms. The van der Waals surface area contributed by atoms with E-state index in [9.17, 15) is 19.7 Å². The van der Waals surface area contributed by atoms with Crippen LogP contribution < -0.4 is 4.90 Å². The molecule has 1 heterocycles. The van der Waals surface area contributed by atoms with Gasteiger partial charge >= 0.3 is 0 Å². The van der Waals surface area contributed by atoms with E-state index in [-0.39, 0.29) is 45.8 Å². The van der Waals surface area contributed by atoms with Crippen LogP contribution in [0.3, 0.4) is 0 Å². The summed E-state index contributed by atoms with van der Waals surface area (Å²) in [5.41, 5.74) is 1.59. The summed E-state index contributed by atoms with van der Waals surface area (Å²) in [4.78, 5) is 39.1. The zero-order valence-corrected chi connectivity index (χ0v) is 17.5. The van der Waals surface area contributed by atoms with Gasteiger partial charge in [0.15, 0.2) is 5.78 Å². The third-order valence-corrected chi connectivity index (χ3v) is 5.96. The van der Waals surface area contributed by atoms with Gasteiger partial charge in [0.05, 0.1) is 4.92 Å². The molecule has 154 valence electrons. The van der Waals surface area contributed by atoms with Crippen molar-refractivity contribution in [3.8, 4) is 0 Å². The Labute approximate surface area is 179 Å². The molecule has 7 heteroatoms. The molecule has 2 aromatic carbocycles. The summed E-state index contributed by atoms with van der Waals surface area (Å²) in [6.45, 7) is 3.94. The maximum Gasteiger partial charge on any atom is 0.294 e. The summed E-state index contributed by atoms with van der Waals surface area (Å²) in [7, 11) is 0. The lowest BCUT2D eigenvalue weighted by molar-refractivity contribution is -0.384. The summed E-state index contributed by atoms with van der Waals surface area (Å²) in [6, 6.07) is 13.7. The Morgan fingerprint density at radius 3 is 2.47 bits per heavy atom. The lowest BCUT2D eigenvalue weighted by Crippen LogP contribution is -2.44. The van der Waals surface area contributed by atoms with Crippen LogP contribution in [0.15, 0.2) is 59.8 Å². The topological polar surface area (TPSA) is 80.5 Å². The maximum atomic E-state index is 13.3. The van der Waals surface area contributed by atoms with E-state index >= 15 is 0 Å². The number of carbonyl (C=O) groups excluding carboxylic acids is 2. The molecule has 0 spiro atoms. The van der Waals surface area contributed by atoms with Crippen molar-refractivity contribution >= 4 is 34.7 Å². The second-order valence-corrected chi connectivity index (χ2v) is 9.02. The quantitative estimate of drug-likeness (QED) is 0.487. The average molecular weight is 425 g/mol. The first-order chi connectivity index (χ1) is 14.2. The van der Waals surface area contributed by atoms with Gasteiger partial charge in [0.25, 0.3) is 5.69 Å². The summed E-state index contributed by atoms with van der Waals surface area (Å²) in [6.07, 6.45) is 0.928. The van der Waals surface area contributed by atoms with Crippen molar-refractivity contribution in [2.45, 2.75) is 39.0 Å². The number of Topliss-reactive ketones (excluding diaryl/α,β-unsaturated/α-hetero) is 1. The number of nitro benzene ring substituents is 1. The van der Waals surface area contributed by atoms with Crippen LogP contribution in [0.25, 0.3) is 0 Å². The van der Waals surface area contributed by atoms with Crippen molar-refractivity contribution in [2.75, 3.05) is 4.90 Å². The normalized spacial score (nSPS) is 20.9. The minimum Gasteiger partial charge on any atom is -0.294 e. The zero-order valence-electron chi connectivity index (χ0n) is 16.7. The highest BCUT2D eigenvalue weighted by molar-refractivity contribution is 6.31. The van der Waals surface area contributed by atoms with Crippen LogP contribution in [0.1, 0.15) is 44.6 Å². The summed E-state index contributed by atoms with van der Waals surface area (Å²) in [5.74, 6) is -0.623. The number of nitrogens with zero attached hydrogens (tertiary/aromatic N) is 2. The number of amides is 1. The number of benzene rings is 2. The molecule has 1 aliphatic carbocycles. The molecule has 30 heavy (non-hydrogen) atoms. The first kappa shape index (κ1) is 20.3. The molecule has 0 radical (unpaired) electrons. The highest BCUT2D eigenvalue weighted by Crippen LogP contribution is 2.49. The van der Waals surface area contributed by atoms with Gasteiger partial charge in [-0.25, -0.2) is 0 Å². The van der Waals surface area contributed by atoms with Gasteiger partial charge in [-0.2, -0.15) is 0 Å². The van der Waals surface area contributed by atoms with Gasteiger partial charge in [0.1, 0.15) is 5.69 Å². The molecule has 6 nitrogen and oxygen atoms in total. The predicted octanol–water partition coefficient (Wildman–Crippen LogP) is 5.41. The van der Waals surface area contributed by atoms with Crippen LogP contribution in [0.4, 0.5) is 11.4 Å². The Kier molecular flexibility index (Phi) is 4.98. The van der Waals surface area contributed by atoms with Crippen LogP contribution in [0.2, 0.25) is 5.02 Å². The summed E-state index contributed by atoms with van der Waals surface area (Å²) in [5, 5.41) is 11.9. The van der Waals surface area contributed by atoms with Crippen molar-refractivity contribution < 1.29 is 14.5 Å². The standard InChI is InChI=1S/C23H21ClN2O4/c1-23(2)12-19-22(20(27)13-23)16(14-6-4-3-5-7-14)11-21(28)25(19)17-9-8-15(24)10-18(17)26(29)30/h3-10,16H,11-13H2,1-2H3. The Balaban J connectivity index is 1.95. The molecule has 0 saturated heterocycles. The van der Waals surface area contributed by atoms with Gasteiger partial charge in [-0.15, -0.1) is 0 Å². The number of nitro groups is 1. The van der Waals surface area contributed by atoms with E-state index in [1.165, 1.54) is 23.1 Å². The van der Waals surface area contributed by atoms with Crippen LogP contribution in [0.5, 0.6) is 0 Å². The minimum atomic E-state index is -0.548. The lowest BCUT2D eigenvalue weighted by Gasteiger charge is -2.42. The molecule has 0 fully saturated rings. The molecule has 0 saturated carbocycles. The Hall–Kier alpha value is -2.99. The van der Waals surface area contributed by atoms with Crippen molar-refractivity contribution in [1.82, 2.24) is 0 Å². The van der Waals surface area contributed by atoms with Crippen LogP contribution in [-0.2, 0) is 9.59 Å². The smallest absolute Gasteiger partial charge is 0.294 e. The van der Waals surface area contributed by atoms with Crippen molar-refractivity contribution in [1.29, 1.82) is 0 Å². The number of anilines is 1. The van der Waals surface area contributed by atoms with E-state index < -0.39 is 4.92 Å².